The van der Waals surface area contributed by atoms with Gasteiger partial charge in [0.1, 0.15) is 0 Å². The van der Waals surface area contributed by atoms with Crippen molar-refractivity contribution in [3.63, 3.8) is 0 Å². The van der Waals surface area contributed by atoms with Crippen molar-refractivity contribution in [2.24, 2.45) is 0 Å². The Morgan fingerprint density at radius 2 is 2.28 bits per heavy atom. The van der Waals surface area contributed by atoms with E-state index in [4.69, 9.17) is 0 Å². The number of ether oxygens (including phenoxy) is 1. The fraction of sp³-hybridized carbons (Fsp3) is 0.429. The molecule has 0 aliphatic rings. The van der Waals surface area contributed by atoms with Crippen LogP contribution in [0.5, 0.6) is 0 Å². The summed E-state index contributed by atoms with van der Waals surface area (Å²) in [6, 6.07) is 4.03. The van der Waals surface area contributed by atoms with Crippen LogP contribution in [-0.2, 0) is 16.1 Å². The lowest BCUT2D eigenvalue weighted by Gasteiger charge is -2.04. The molecule has 1 aromatic rings. The molecule has 0 atom stereocenters. The zero-order valence-corrected chi connectivity index (χ0v) is 11.2. The van der Waals surface area contributed by atoms with E-state index in [0.717, 1.165) is 17.8 Å². The van der Waals surface area contributed by atoms with Gasteiger partial charge in [-0.3, -0.25) is 4.98 Å². The summed E-state index contributed by atoms with van der Waals surface area (Å²) in [6.45, 7) is 5.28. The molecule has 0 saturated heterocycles. The maximum absolute atomic E-state index is 11.3. The van der Waals surface area contributed by atoms with Crippen LogP contribution in [0.1, 0.15) is 24.6 Å². The smallest absolute Gasteiger partial charge is 0.333 e. The van der Waals surface area contributed by atoms with Crippen LogP contribution in [0.15, 0.2) is 30.0 Å². The normalized spacial score (nSPS) is 11.4. The van der Waals surface area contributed by atoms with Crippen molar-refractivity contribution in [3.05, 3.63) is 41.2 Å². The molecule has 0 aliphatic carbocycles. The Balaban J connectivity index is 2.39. The van der Waals surface area contributed by atoms with Crippen molar-refractivity contribution in [3.8, 4) is 0 Å². The number of hydrogen-bond acceptors (Lipinski definition) is 4. The molecule has 1 aromatic heterocycles. The molecule has 4 nitrogen and oxygen atoms in total. The van der Waals surface area contributed by atoms with Crippen molar-refractivity contribution in [1.82, 2.24) is 10.3 Å². The van der Waals surface area contributed by atoms with E-state index in [2.05, 4.69) is 15.0 Å². The molecule has 0 aromatic carbocycles. The van der Waals surface area contributed by atoms with Crippen LogP contribution in [0, 0.1) is 6.92 Å². The third-order valence-corrected chi connectivity index (χ3v) is 2.62. The zero-order valence-electron chi connectivity index (χ0n) is 11.2. The number of esters is 1. The summed E-state index contributed by atoms with van der Waals surface area (Å²) in [5, 5.41) is 3.24. The molecule has 0 fully saturated rings. The van der Waals surface area contributed by atoms with Gasteiger partial charge >= 0.3 is 5.97 Å². The third-order valence-electron chi connectivity index (χ3n) is 2.62. The molecule has 1 heterocycles. The van der Waals surface area contributed by atoms with Gasteiger partial charge in [0.2, 0.25) is 0 Å². The van der Waals surface area contributed by atoms with Crippen LogP contribution in [-0.4, -0.2) is 24.6 Å². The summed E-state index contributed by atoms with van der Waals surface area (Å²) in [6.07, 6.45) is 4.40. The number of methoxy groups -OCH3 is 1. The standard InChI is InChI=1S/C14H20N2O2/c1-4-13(14(17)18-3)7-8-15-9-12-6-5-11(2)16-10-12/h5-7,10,15H,4,8-9H2,1-3H3/b13-7-. The van der Waals surface area contributed by atoms with E-state index in [-0.39, 0.29) is 5.97 Å². The molecule has 0 saturated carbocycles. The summed E-state index contributed by atoms with van der Waals surface area (Å²) in [4.78, 5) is 15.5. The summed E-state index contributed by atoms with van der Waals surface area (Å²) < 4.78 is 4.69. The fourth-order valence-electron chi connectivity index (χ4n) is 1.52. The van der Waals surface area contributed by atoms with E-state index >= 15 is 0 Å². The predicted octanol–water partition coefficient (Wildman–Crippen LogP) is 1.99. The number of nitrogens with zero attached hydrogens (tertiary/aromatic N) is 1. The van der Waals surface area contributed by atoms with Crippen LogP contribution in [0.4, 0.5) is 0 Å². The van der Waals surface area contributed by atoms with E-state index in [1.165, 1.54) is 7.11 Å². The Bertz CT molecular complexity index is 410. The molecular formula is C14H20N2O2. The molecule has 1 rings (SSSR count). The quantitative estimate of drug-likeness (QED) is 0.475. The van der Waals surface area contributed by atoms with Gasteiger partial charge in [0.05, 0.1) is 7.11 Å². The lowest BCUT2D eigenvalue weighted by atomic mass is 10.2. The molecule has 0 aliphatic heterocycles. The first-order chi connectivity index (χ1) is 8.67. The molecule has 0 spiro atoms. The summed E-state index contributed by atoms with van der Waals surface area (Å²) in [5.41, 5.74) is 2.84. The maximum Gasteiger partial charge on any atom is 0.333 e. The minimum atomic E-state index is -0.253. The van der Waals surface area contributed by atoms with Crippen LogP contribution in [0.3, 0.4) is 0 Å². The first-order valence-electron chi connectivity index (χ1n) is 6.07. The fourth-order valence-corrected chi connectivity index (χ4v) is 1.52. The highest BCUT2D eigenvalue weighted by Gasteiger charge is 2.05. The number of aromatic nitrogens is 1. The van der Waals surface area contributed by atoms with E-state index < -0.39 is 0 Å². The Morgan fingerprint density at radius 1 is 1.50 bits per heavy atom. The zero-order chi connectivity index (χ0) is 13.4. The summed E-state index contributed by atoms with van der Waals surface area (Å²) in [5.74, 6) is -0.253. The van der Waals surface area contributed by atoms with Gasteiger partial charge in [-0.25, -0.2) is 4.79 Å². The SMILES string of the molecule is CC/C(=C/CNCc1ccc(C)nc1)C(=O)OC. The number of aryl methyl sites for hydroxylation is 1. The number of nitrogens with one attached hydrogen (secondary N) is 1. The topological polar surface area (TPSA) is 51.2 Å². The van der Waals surface area contributed by atoms with Crippen molar-refractivity contribution in [2.75, 3.05) is 13.7 Å². The van der Waals surface area contributed by atoms with Crippen LogP contribution in [0.25, 0.3) is 0 Å². The van der Waals surface area contributed by atoms with E-state index in [1.54, 1.807) is 0 Å². The molecule has 0 unspecified atom stereocenters. The van der Waals surface area contributed by atoms with Crippen LogP contribution >= 0.6 is 0 Å². The van der Waals surface area contributed by atoms with Gasteiger partial charge < -0.3 is 10.1 Å². The molecule has 4 heteroatoms. The highest BCUT2D eigenvalue weighted by Crippen LogP contribution is 2.02. The number of carbonyl (C=O) groups is 1. The van der Waals surface area contributed by atoms with Gasteiger partial charge in [0.15, 0.2) is 0 Å². The van der Waals surface area contributed by atoms with Crippen LogP contribution in [0.2, 0.25) is 0 Å². The van der Waals surface area contributed by atoms with Gasteiger partial charge in [0, 0.05) is 30.6 Å². The second kappa shape index (κ2) is 7.61. The number of hydrogen-bond donors (Lipinski definition) is 1. The molecular weight excluding hydrogens is 228 g/mol. The monoisotopic (exact) mass is 248 g/mol. The number of rotatable bonds is 6. The second-order valence-corrected chi connectivity index (χ2v) is 4.01. The average Bonchev–Trinajstić information content (AvgIpc) is 2.40. The van der Waals surface area contributed by atoms with Crippen molar-refractivity contribution < 1.29 is 9.53 Å². The Labute approximate surface area is 108 Å². The van der Waals surface area contributed by atoms with Gasteiger partial charge in [-0.05, 0) is 25.0 Å². The molecule has 98 valence electrons. The molecule has 0 bridgehead atoms. The summed E-state index contributed by atoms with van der Waals surface area (Å²) >= 11 is 0. The minimum absolute atomic E-state index is 0.253. The van der Waals surface area contributed by atoms with Crippen molar-refractivity contribution in [2.45, 2.75) is 26.8 Å². The van der Waals surface area contributed by atoms with Crippen LogP contribution < -0.4 is 5.32 Å². The summed E-state index contributed by atoms with van der Waals surface area (Å²) in [7, 11) is 1.40. The average molecular weight is 248 g/mol. The van der Waals surface area contributed by atoms with E-state index in [1.807, 2.05) is 38.3 Å². The van der Waals surface area contributed by atoms with Crippen molar-refractivity contribution in [1.29, 1.82) is 0 Å². The van der Waals surface area contributed by atoms with E-state index in [9.17, 15) is 4.79 Å². The molecule has 18 heavy (non-hydrogen) atoms. The van der Waals surface area contributed by atoms with E-state index in [0.29, 0.717) is 18.5 Å². The number of carbonyl (C=O) groups excluding carboxylic acids is 1. The number of pyridine rings is 1. The lowest BCUT2D eigenvalue weighted by molar-refractivity contribution is -0.136. The predicted molar refractivity (Wildman–Crippen MR) is 71.1 cm³/mol. The highest BCUT2D eigenvalue weighted by molar-refractivity contribution is 5.88. The molecule has 0 radical (unpaired) electrons. The van der Waals surface area contributed by atoms with Gasteiger partial charge in [-0.1, -0.05) is 19.1 Å². The third kappa shape index (κ3) is 4.67. The largest absolute Gasteiger partial charge is 0.466 e. The lowest BCUT2D eigenvalue weighted by Crippen LogP contribution is -2.15. The second-order valence-electron chi connectivity index (χ2n) is 4.01. The molecule has 1 N–H and O–H groups in total. The minimum Gasteiger partial charge on any atom is -0.466 e. The Kier molecular flexibility index (Phi) is 6.08. The molecule has 0 amide bonds. The van der Waals surface area contributed by atoms with Crippen molar-refractivity contribution >= 4 is 5.97 Å². The van der Waals surface area contributed by atoms with Gasteiger partial charge in [0.25, 0.3) is 0 Å². The maximum atomic E-state index is 11.3. The van der Waals surface area contributed by atoms with Gasteiger partial charge in [-0.15, -0.1) is 0 Å². The highest BCUT2D eigenvalue weighted by atomic mass is 16.5. The Morgan fingerprint density at radius 3 is 2.83 bits per heavy atom. The van der Waals surface area contributed by atoms with Gasteiger partial charge in [-0.2, -0.15) is 0 Å². The first kappa shape index (κ1) is 14.4. The first-order valence-corrected chi connectivity index (χ1v) is 6.07. The Hall–Kier alpha value is -1.68.